The van der Waals surface area contributed by atoms with Gasteiger partial charge >= 0.3 is 0 Å². The van der Waals surface area contributed by atoms with Crippen LogP contribution >= 0.6 is 61.7 Å². The molecule has 110 valence electrons. The van der Waals surface area contributed by atoms with Gasteiger partial charge in [-0.05, 0) is 39.1 Å². The fraction of sp³-hybridized carbons (Fsp3) is 0.308. The van der Waals surface area contributed by atoms with Crippen molar-refractivity contribution in [1.29, 1.82) is 0 Å². The summed E-state index contributed by atoms with van der Waals surface area (Å²) in [6, 6.07) is 4.10. The third-order valence-corrected chi connectivity index (χ3v) is 7.37. The normalized spacial score (nSPS) is 12.0. The molecule has 0 unspecified atom stereocenters. The molecular weight excluding hydrogens is 406 g/mol. The average Bonchev–Trinajstić information content (AvgIpc) is 3.08. The van der Waals surface area contributed by atoms with Gasteiger partial charge in [-0.2, -0.15) is 0 Å². The van der Waals surface area contributed by atoms with E-state index in [1.165, 1.54) is 0 Å². The summed E-state index contributed by atoms with van der Waals surface area (Å²) >= 11 is 10.1. The van der Waals surface area contributed by atoms with Crippen molar-refractivity contribution >= 4 is 61.7 Å². The van der Waals surface area contributed by atoms with Gasteiger partial charge in [0.1, 0.15) is 0 Å². The summed E-state index contributed by atoms with van der Waals surface area (Å²) in [6.45, 7) is 6.50. The maximum atomic E-state index is 4.72. The van der Waals surface area contributed by atoms with Crippen LogP contribution < -0.4 is 0 Å². The van der Waals surface area contributed by atoms with E-state index in [4.69, 9.17) is 4.98 Å². The molecule has 3 aromatic heterocycles. The predicted molar refractivity (Wildman–Crippen MR) is 95.9 cm³/mol. The van der Waals surface area contributed by atoms with E-state index in [2.05, 4.69) is 58.3 Å². The van der Waals surface area contributed by atoms with Crippen molar-refractivity contribution in [3.8, 4) is 9.88 Å². The smallest absolute Gasteiger partial charge is 0.181 e. The van der Waals surface area contributed by atoms with Crippen LogP contribution in [-0.2, 0) is 5.41 Å². The minimum atomic E-state index is 0.0391. The Bertz CT molecular complexity index is 740. The molecule has 21 heavy (non-hydrogen) atoms. The first-order valence-electron chi connectivity index (χ1n) is 6.15. The van der Waals surface area contributed by atoms with Crippen molar-refractivity contribution in [3.63, 3.8) is 0 Å². The predicted octanol–water partition coefficient (Wildman–Crippen LogP) is 5.93. The van der Waals surface area contributed by atoms with Crippen LogP contribution in [-0.4, -0.2) is 15.2 Å². The van der Waals surface area contributed by atoms with Crippen LogP contribution in [0.3, 0.4) is 0 Å². The minimum absolute atomic E-state index is 0.0391. The fourth-order valence-corrected chi connectivity index (χ4v) is 7.01. The molecule has 0 aliphatic rings. The lowest BCUT2D eigenvalue weighted by molar-refractivity contribution is 0.567. The molecule has 0 spiro atoms. The van der Waals surface area contributed by atoms with E-state index in [-0.39, 0.29) is 5.41 Å². The monoisotopic (exact) mass is 417 g/mol. The zero-order valence-electron chi connectivity index (χ0n) is 11.6. The summed E-state index contributed by atoms with van der Waals surface area (Å²) < 4.78 is 3.03. The first kappa shape index (κ1) is 15.6. The number of rotatable bonds is 3. The van der Waals surface area contributed by atoms with Crippen LogP contribution in [0.4, 0.5) is 0 Å². The zero-order valence-corrected chi connectivity index (χ0v) is 16.4. The number of hydrogen-bond donors (Lipinski definition) is 0. The van der Waals surface area contributed by atoms with E-state index in [0.717, 1.165) is 28.0 Å². The van der Waals surface area contributed by atoms with Crippen LogP contribution in [0.5, 0.6) is 0 Å². The Morgan fingerprint density at radius 3 is 2.57 bits per heavy atom. The van der Waals surface area contributed by atoms with Gasteiger partial charge in [0, 0.05) is 5.41 Å². The molecule has 0 radical (unpaired) electrons. The lowest BCUT2D eigenvalue weighted by Crippen LogP contribution is -2.12. The second-order valence-electron chi connectivity index (χ2n) is 5.30. The summed E-state index contributed by atoms with van der Waals surface area (Å²) in [5, 5.41) is 11.5. The lowest BCUT2D eigenvalue weighted by Gasteiger charge is -2.15. The number of halogens is 1. The SMILES string of the molecule is CC(C)(C)c1nc(Sc2nnc(-c3cccs3)s2)sc1Br. The second kappa shape index (κ2) is 6.08. The van der Waals surface area contributed by atoms with E-state index < -0.39 is 0 Å². The third-order valence-electron chi connectivity index (χ3n) is 2.59. The van der Waals surface area contributed by atoms with Crippen molar-refractivity contribution in [3.05, 3.63) is 27.0 Å². The third kappa shape index (κ3) is 3.56. The standard InChI is InChI=1S/C13H12BrN3S4/c1-13(2,3)8-9(14)19-11(15-8)21-12-17-16-10(20-12)7-5-4-6-18-7/h4-6H,1-3H3. The highest BCUT2D eigenvalue weighted by Crippen LogP contribution is 2.41. The van der Waals surface area contributed by atoms with Gasteiger partial charge in [0.25, 0.3) is 0 Å². The molecule has 0 fully saturated rings. The van der Waals surface area contributed by atoms with Gasteiger partial charge in [-0.3, -0.25) is 0 Å². The highest BCUT2D eigenvalue weighted by atomic mass is 79.9. The van der Waals surface area contributed by atoms with Crippen LogP contribution in [0, 0.1) is 0 Å². The second-order valence-corrected chi connectivity index (χ2v) is 11.0. The molecule has 0 saturated carbocycles. The molecule has 3 aromatic rings. The Labute approximate surface area is 148 Å². The van der Waals surface area contributed by atoms with Crippen LogP contribution in [0.25, 0.3) is 9.88 Å². The largest absolute Gasteiger partial charge is 0.232 e. The molecular formula is C13H12BrN3S4. The van der Waals surface area contributed by atoms with Crippen molar-refractivity contribution in [2.45, 2.75) is 34.9 Å². The maximum Gasteiger partial charge on any atom is 0.181 e. The van der Waals surface area contributed by atoms with Crippen LogP contribution in [0.15, 0.2) is 30.0 Å². The summed E-state index contributed by atoms with van der Waals surface area (Å²) in [5.41, 5.74) is 1.13. The summed E-state index contributed by atoms with van der Waals surface area (Å²) in [6.07, 6.45) is 0. The van der Waals surface area contributed by atoms with Crippen LogP contribution in [0.1, 0.15) is 26.5 Å². The molecule has 0 aliphatic heterocycles. The maximum absolute atomic E-state index is 4.72. The van der Waals surface area contributed by atoms with Gasteiger partial charge in [-0.25, -0.2) is 4.98 Å². The van der Waals surface area contributed by atoms with Crippen molar-refractivity contribution in [2.24, 2.45) is 0 Å². The number of thiophene rings is 1. The van der Waals surface area contributed by atoms with E-state index >= 15 is 0 Å². The van der Waals surface area contributed by atoms with Gasteiger partial charge in [-0.15, -0.1) is 21.5 Å². The Morgan fingerprint density at radius 2 is 1.95 bits per heavy atom. The molecule has 0 aliphatic carbocycles. The quantitative estimate of drug-likeness (QED) is 0.528. The molecule has 0 amide bonds. The Hall–Kier alpha value is -0.280. The molecule has 0 bridgehead atoms. The van der Waals surface area contributed by atoms with E-state index in [0.29, 0.717) is 0 Å². The molecule has 3 nitrogen and oxygen atoms in total. The number of thiazole rings is 1. The highest BCUT2D eigenvalue weighted by molar-refractivity contribution is 9.11. The summed E-state index contributed by atoms with van der Waals surface area (Å²) in [5.74, 6) is 0. The Morgan fingerprint density at radius 1 is 1.14 bits per heavy atom. The molecule has 8 heteroatoms. The van der Waals surface area contributed by atoms with Crippen LogP contribution in [0.2, 0.25) is 0 Å². The first-order chi connectivity index (χ1) is 9.93. The Balaban J connectivity index is 1.81. The summed E-state index contributed by atoms with van der Waals surface area (Å²) in [4.78, 5) is 5.89. The number of hydrogen-bond acceptors (Lipinski definition) is 7. The molecule has 0 N–H and O–H groups in total. The molecule has 3 heterocycles. The van der Waals surface area contributed by atoms with Crippen molar-refractivity contribution < 1.29 is 0 Å². The van der Waals surface area contributed by atoms with Gasteiger partial charge < -0.3 is 0 Å². The van der Waals surface area contributed by atoms with Gasteiger partial charge in [-0.1, -0.05) is 49.5 Å². The van der Waals surface area contributed by atoms with Crippen molar-refractivity contribution in [2.75, 3.05) is 0 Å². The van der Waals surface area contributed by atoms with Crippen molar-refractivity contribution in [1.82, 2.24) is 15.2 Å². The highest BCUT2D eigenvalue weighted by Gasteiger charge is 2.23. The molecule has 0 atom stereocenters. The summed E-state index contributed by atoms with van der Waals surface area (Å²) in [7, 11) is 0. The van der Waals surface area contributed by atoms with E-state index in [1.54, 1.807) is 45.8 Å². The fourth-order valence-electron chi connectivity index (χ4n) is 1.61. The average molecular weight is 418 g/mol. The Kier molecular flexibility index (Phi) is 4.52. The molecule has 0 saturated heterocycles. The van der Waals surface area contributed by atoms with E-state index in [9.17, 15) is 0 Å². The van der Waals surface area contributed by atoms with Gasteiger partial charge in [0.15, 0.2) is 13.7 Å². The number of aromatic nitrogens is 3. The zero-order chi connectivity index (χ0) is 15.0. The van der Waals surface area contributed by atoms with Gasteiger partial charge in [0.05, 0.1) is 14.4 Å². The van der Waals surface area contributed by atoms with Gasteiger partial charge in [0.2, 0.25) is 0 Å². The minimum Gasteiger partial charge on any atom is -0.232 e. The lowest BCUT2D eigenvalue weighted by atomic mass is 9.93. The van der Waals surface area contributed by atoms with E-state index in [1.807, 2.05) is 6.07 Å². The topological polar surface area (TPSA) is 38.7 Å². The number of nitrogens with zero attached hydrogens (tertiary/aromatic N) is 3. The molecule has 0 aromatic carbocycles. The first-order valence-corrected chi connectivity index (χ1v) is 10.3. The molecule has 3 rings (SSSR count).